The highest BCUT2D eigenvalue weighted by Crippen LogP contribution is 2.37. The first-order valence-corrected chi connectivity index (χ1v) is 5.10. The van der Waals surface area contributed by atoms with Gasteiger partial charge in [0.05, 0.1) is 5.69 Å². The zero-order valence-corrected chi connectivity index (χ0v) is 8.60. The predicted molar refractivity (Wildman–Crippen MR) is 57.0 cm³/mol. The molecule has 0 amide bonds. The van der Waals surface area contributed by atoms with Crippen LogP contribution in [-0.2, 0) is 0 Å². The Kier molecular flexibility index (Phi) is 2.58. The van der Waals surface area contributed by atoms with Crippen LogP contribution in [0.4, 0.5) is 5.69 Å². The fourth-order valence-corrected chi connectivity index (χ4v) is 1.64. The standard InChI is InChI=1S/C11H14N2O2/c1-7-5-8(7)6-13-9-3-2-4-12-10(9)11(14)15/h2-4,7-8,13H,5-6H2,1H3,(H,14,15). The number of pyridine rings is 1. The molecule has 1 saturated carbocycles. The van der Waals surface area contributed by atoms with Crippen molar-refractivity contribution in [2.75, 3.05) is 11.9 Å². The Morgan fingerprint density at radius 3 is 3.07 bits per heavy atom. The minimum atomic E-state index is -0.984. The molecule has 2 unspecified atom stereocenters. The van der Waals surface area contributed by atoms with Gasteiger partial charge in [-0.15, -0.1) is 0 Å². The topological polar surface area (TPSA) is 62.2 Å². The van der Waals surface area contributed by atoms with Crippen LogP contribution in [0.25, 0.3) is 0 Å². The summed E-state index contributed by atoms with van der Waals surface area (Å²) in [4.78, 5) is 14.7. The molecule has 0 radical (unpaired) electrons. The molecule has 1 aliphatic rings. The number of carboxylic acid groups (broad SMARTS) is 1. The number of hydrogen-bond donors (Lipinski definition) is 2. The molecule has 15 heavy (non-hydrogen) atoms. The van der Waals surface area contributed by atoms with Gasteiger partial charge in [0, 0.05) is 12.7 Å². The first-order chi connectivity index (χ1) is 7.18. The van der Waals surface area contributed by atoms with E-state index < -0.39 is 5.97 Å². The van der Waals surface area contributed by atoms with Crippen molar-refractivity contribution >= 4 is 11.7 Å². The average molecular weight is 206 g/mol. The van der Waals surface area contributed by atoms with Crippen LogP contribution in [0.15, 0.2) is 18.3 Å². The molecular formula is C11H14N2O2. The van der Waals surface area contributed by atoms with Gasteiger partial charge in [0.2, 0.25) is 0 Å². The van der Waals surface area contributed by atoms with E-state index in [1.807, 2.05) is 0 Å². The van der Waals surface area contributed by atoms with Gasteiger partial charge in [-0.05, 0) is 30.4 Å². The molecule has 0 aliphatic heterocycles. The third-order valence-electron chi connectivity index (χ3n) is 2.84. The van der Waals surface area contributed by atoms with Crippen LogP contribution in [0.1, 0.15) is 23.8 Å². The number of carbonyl (C=O) groups is 1. The molecule has 1 aliphatic carbocycles. The van der Waals surface area contributed by atoms with Crippen molar-refractivity contribution < 1.29 is 9.90 Å². The molecule has 1 aromatic heterocycles. The third kappa shape index (κ3) is 2.26. The molecular weight excluding hydrogens is 192 g/mol. The molecule has 1 aromatic rings. The van der Waals surface area contributed by atoms with E-state index in [2.05, 4.69) is 17.2 Å². The van der Waals surface area contributed by atoms with Gasteiger partial charge in [-0.2, -0.15) is 0 Å². The molecule has 0 aromatic carbocycles. The number of nitrogens with zero attached hydrogens (tertiary/aromatic N) is 1. The van der Waals surface area contributed by atoms with Crippen molar-refractivity contribution in [3.05, 3.63) is 24.0 Å². The Bertz CT molecular complexity index is 379. The van der Waals surface area contributed by atoms with Gasteiger partial charge in [-0.3, -0.25) is 0 Å². The fraction of sp³-hybridized carbons (Fsp3) is 0.455. The summed E-state index contributed by atoms with van der Waals surface area (Å²) in [6, 6.07) is 3.49. The van der Waals surface area contributed by atoms with E-state index in [9.17, 15) is 4.79 Å². The molecule has 80 valence electrons. The lowest BCUT2D eigenvalue weighted by molar-refractivity contribution is 0.0691. The van der Waals surface area contributed by atoms with Crippen molar-refractivity contribution in [3.8, 4) is 0 Å². The fourth-order valence-electron chi connectivity index (χ4n) is 1.64. The summed E-state index contributed by atoms with van der Waals surface area (Å²) < 4.78 is 0. The Morgan fingerprint density at radius 2 is 2.47 bits per heavy atom. The van der Waals surface area contributed by atoms with E-state index in [0.29, 0.717) is 11.6 Å². The predicted octanol–water partition coefficient (Wildman–Crippen LogP) is 1.85. The highest BCUT2D eigenvalue weighted by molar-refractivity contribution is 5.91. The number of aromatic nitrogens is 1. The normalized spacial score (nSPS) is 23.5. The van der Waals surface area contributed by atoms with Crippen molar-refractivity contribution in [1.82, 2.24) is 4.98 Å². The molecule has 0 saturated heterocycles. The number of carboxylic acids is 1. The van der Waals surface area contributed by atoms with Crippen LogP contribution in [0.5, 0.6) is 0 Å². The van der Waals surface area contributed by atoms with E-state index >= 15 is 0 Å². The maximum atomic E-state index is 10.8. The van der Waals surface area contributed by atoms with Crippen molar-refractivity contribution in [2.24, 2.45) is 11.8 Å². The van der Waals surface area contributed by atoms with E-state index in [-0.39, 0.29) is 5.69 Å². The third-order valence-corrected chi connectivity index (χ3v) is 2.84. The maximum Gasteiger partial charge on any atom is 0.356 e. The van der Waals surface area contributed by atoms with E-state index in [1.54, 1.807) is 12.1 Å². The number of aromatic carboxylic acids is 1. The molecule has 2 N–H and O–H groups in total. The minimum absolute atomic E-state index is 0.103. The van der Waals surface area contributed by atoms with Gasteiger partial charge < -0.3 is 10.4 Å². The van der Waals surface area contributed by atoms with Crippen LogP contribution in [0, 0.1) is 11.8 Å². The first kappa shape index (κ1) is 9.96. The lowest BCUT2D eigenvalue weighted by Crippen LogP contribution is -2.10. The first-order valence-electron chi connectivity index (χ1n) is 5.10. The Morgan fingerprint density at radius 1 is 1.73 bits per heavy atom. The van der Waals surface area contributed by atoms with Gasteiger partial charge in [0.15, 0.2) is 5.69 Å². The maximum absolute atomic E-state index is 10.8. The quantitative estimate of drug-likeness (QED) is 0.789. The Balaban J connectivity index is 2.03. The Labute approximate surface area is 88.3 Å². The van der Waals surface area contributed by atoms with Gasteiger partial charge in [0.1, 0.15) is 0 Å². The van der Waals surface area contributed by atoms with Crippen LogP contribution in [0.3, 0.4) is 0 Å². The molecule has 4 heteroatoms. The number of anilines is 1. The second kappa shape index (κ2) is 3.88. The van der Waals surface area contributed by atoms with Gasteiger partial charge in [-0.1, -0.05) is 6.92 Å². The lowest BCUT2D eigenvalue weighted by atomic mass is 10.2. The summed E-state index contributed by atoms with van der Waals surface area (Å²) in [5.41, 5.74) is 0.718. The molecule has 0 spiro atoms. The number of hydrogen-bond acceptors (Lipinski definition) is 3. The van der Waals surface area contributed by atoms with Gasteiger partial charge >= 0.3 is 5.97 Å². The second-order valence-corrected chi connectivity index (χ2v) is 4.06. The van der Waals surface area contributed by atoms with Crippen molar-refractivity contribution in [3.63, 3.8) is 0 Å². The highest BCUT2D eigenvalue weighted by Gasteiger charge is 2.32. The van der Waals surface area contributed by atoms with Crippen molar-refractivity contribution in [2.45, 2.75) is 13.3 Å². The largest absolute Gasteiger partial charge is 0.476 e. The van der Waals surface area contributed by atoms with Crippen molar-refractivity contribution in [1.29, 1.82) is 0 Å². The lowest BCUT2D eigenvalue weighted by Gasteiger charge is -2.07. The number of rotatable bonds is 4. The molecule has 0 bridgehead atoms. The zero-order valence-electron chi connectivity index (χ0n) is 8.60. The van der Waals surface area contributed by atoms with E-state index in [0.717, 1.165) is 12.5 Å². The molecule has 1 fully saturated rings. The monoisotopic (exact) mass is 206 g/mol. The van der Waals surface area contributed by atoms with Crippen LogP contribution >= 0.6 is 0 Å². The van der Waals surface area contributed by atoms with E-state index in [4.69, 9.17) is 5.11 Å². The minimum Gasteiger partial charge on any atom is -0.476 e. The second-order valence-electron chi connectivity index (χ2n) is 4.06. The Hall–Kier alpha value is -1.58. The zero-order chi connectivity index (χ0) is 10.8. The van der Waals surface area contributed by atoms with E-state index in [1.165, 1.54) is 12.6 Å². The molecule has 1 heterocycles. The summed E-state index contributed by atoms with van der Waals surface area (Å²) >= 11 is 0. The average Bonchev–Trinajstić information content (AvgIpc) is 2.92. The number of nitrogens with one attached hydrogen (secondary N) is 1. The van der Waals surface area contributed by atoms with Gasteiger partial charge in [0.25, 0.3) is 0 Å². The van der Waals surface area contributed by atoms with Crippen LogP contribution in [0.2, 0.25) is 0 Å². The smallest absolute Gasteiger partial charge is 0.356 e. The molecule has 2 rings (SSSR count). The summed E-state index contributed by atoms with van der Waals surface area (Å²) in [5.74, 6) is 0.469. The van der Waals surface area contributed by atoms with Crippen LogP contribution < -0.4 is 5.32 Å². The van der Waals surface area contributed by atoms with Gasteiger partial charge in [-0.25, -0.2) is 9.78 Å². The van der Waals surface area contributed by atoms with Crippen LogP contribution in [-0.4, -0.2) is 22.6 Å². The summed E-state index contributed by atoms with van der Waals surface area (Å²) in [7, 11) is 0. The highest BCUT2D eigenvalue weighted by atomic mass is 16.4. The SMILES string of the molecule is CC1CC1CNc1cccnc1C(=O)O. The molecule has 2 atom stereocenters. The summed E-state index contributed by atoms with van der Waals surface area (Å²) in [6.07, 6.45) is 2.73. The molecule has 4 nitrogen and oxygen atoms in total. The summed E-state index contributed by atoms with van der Waals surface area (Å²) in [5, 5.41) is 12.0. The summed E-state index contributed by atoms with van der Waals surface area (Å²) in [6.45, 7) is 3.04.